The Labute approximate surface area is 189 Å². The molecule has 0 spiro atoms. The predicted octanol–water partition coefficient (Wildman–Crippen LogP) is 2.31. The van der Waals surface area contributed by atoms with Gasteiger partial charge in [-0.15, -0.1) is 0 Å². The molecule has 1 N–H and O–H groups in total. The summed E-state index contributed by atoms with van der Waals surface area (Å²) in [6.07, 6.45) is 6.51. The summed E-state index contributed by atoms with van der Waals surface area (Å²) >= 11 is 0. The minimum absolute atomic E-state index is 0.0184. The molecule has 1 heterocycles. The summed E-state index contributed by atoms with van der Waals surface area (Å²) < 4.78 is 0. The molecule has 2 aliphatic rings. The van der Waals surface area contributed by atoms with E-state index in [4.69, 9.17) is 0 Å². The van der Waals surface area contributed by atoms with Crippen LogP contribution in [0, 0.1) is 11.8 Å². The standard InChI is InChI=1S/C25H33N3O4/c1-3-15-26-23(30)18(2)27(16-13-19-9-5-4-6-10-19)22(29)14-17-28-24(31)20-11-7-8-12-21(20)25(28)32/h4-10,18,20-21H,3,11-17H2,1-2H3,(H,26,30)/t18?,20-,21+. The minimum Gasteiger partial charge on any atom is -0.354 e. The fourth-order valence-electron chi connectivity index (χ4n) is 4.41. The molecule has 1 fully saturated rings. The second-order valence-corrected chi connectivity index (χ2v) is 8.52. The smallest absolute Gasteiger partial charge is 0.242 e. The molecule has 0 aromatic heterocycles. The van der Waals surface area contributed by atoms with Crippen LogP contribution in [-0.4, -0.2) is 59.1 Å². The SMILES string of the molecule is CCCNC(=O)C(C)N(CCc1ccccc1)C(=O)CCN1C(=O)[C@H]2CC=CC[C@H]2C1=O. The molecule has 4 amide bonds. The lowest BCUT2D eigenvalue weighted by Gasteiger charge is -2.29. The highest BCUT2D eigenvalue weighted by atomic mass is 16.2. The fraction of sp³-hybridized carbons (Fsp3) is 0.520. The van der Waals surface area contributed by atoms with E-state index in [-0.39, 0.29) is 48.4 Å². The van der Waals surface area contributed by atoms with Gasteiger partial charge in [-0.1, -0.05) is 49.4 Å². The summed E-state index contributed by atoms with van der Waals surface area (Å²) in [5.74, 6) is -1.37. The van der Waals surface area contributed by atoms with E-state index in [0.29, 0.717) is 32.4 Å². The third-order valence-electron chi connectivity index (χ3n) is 6.35. The highest BCUT2D eigenvalue weighted by Crippen LogP contribution is 2.35. The summed E-state index contributed by atoms with van der Waals surface area (Å²) in [4.78, 5) is 53.9. The number of allylic oxidation sites excluding steroid dienone is 2. The second kappa shape index (κ2) is 11.1. The van der Waals surface area contributed by atoms with Crippen molar-refractivity contribution in [2.45, 2.75) is 52.0 Å². The molecule has 0 saturated carbocycles. The van der Waals surface area contributed by atoms with E-state index in [0.717, 1.165) is 12.0 Å². The van der Waals surface area contributed by atoms with Gasteiger partial charge in [0, 0.05) is 26.1 Å². The maximum absolute atomic E-state index is 13.2. The molecule has 0 radical (unpaired) electrons. The van der Waals surface area contributed by atoms with Crippen LogP contribution in [0.3, 0.4) is 0 Å². The van der Waals surface area contributed by atoms with Crippen molar-refractivity contribution in [1.29, 1.82) is 0 Å². The lowest BCUT2D eigenvalue weighted by atomic mass is 9.85. The van der Waals surface area contributed by atoms with Gasteiger partial charge in [-0.2, -0.15) is 0 Å². The van der Waals surface area contributed by atoms with Gasteiger partial charge >= 0.3 is 0 Å². The zero-order chi connectivity index (χ0) is 23.1. The molecule has 1 aromatic rings. The molecule has 3 atom stereocenters. The molecule has 7 nitrogen and oxygen atoms in total. The van der Waals surface area contributed by atoms with Crippen molar-refractivity contribution in [3.63, 3.8) is 0 Å². The number of nitrogens with zero attached hydrogens (tertiary/aromatic N) is 2. The van der Waals surface area contributed by atoms with Gasteiger partial charge in [-0.25, -0.2) is 0 Å². The molecule has 7 heteroatoms. The van der Waals surface area contributed by atoms with Gasteiger partial charge in [0.2, 0.25) is 23.6 Å². The van der Waals surface area contributed by atoms with E-state index in [2.05, 4.69) is 5.32 Å². The van der Waals surface area contributed by atoms with E-state index >= 15 is 0 Å². The number of hydrogen-bond acceptors (Lipinski definition) is 4. The lowest BCUT2D eigenvalue weighted by molar-refractivity contribution is -0.143. The Morgan fingerprint density at radius 1 is 1.09 bits per heavy atom. The number of hydrogen-bond donors (Lipinski definition) is 1. The molecule has 1 aromatic carbocycles. The number of carbonyl (C=O) groups is 4. The Kier molecular flexibility index (Phi) is 8.20. The van der Waals surface area contributed by atoms with Gasteiger partial charge in [-0.05, 0) is 38.2 Å². The molecule has 1 aliphatic heterocycles. The van der Waals surface area contributed by atoms with Gasteiger partial charge in [-0.3, -0.25) is 24.1 Å². The van der Waals surface area contributed by atoms with E-state index in [9.17, 15) is 19.2 Å². The summed E-state index contributed by atoms with van der Waals surface area (Å²) in [6.45, 7) is 4.70. The average Bonchev–Trinajstić information content (AvgIpc) is 3.06. The number of carbonyl (C=O) groups excluding carboxylic acids is 4. The Bertz CT molecular complexity index is 841. The van der Waals surface area contributed by atoms with E-state index in [1.165, 1.54) is 4.90 Å². The highest BCUT2D eigenvalue weighted by molar-refractivity contribution is 6.05. The first kappa shape index (κ1) is 23.7. The normalized spacial score (nSPS) is 20.8. The van der Waals surface area contributed by atoms with Crippen LogP contribution in [0.1, 0.15) is 45.1 Å². The predicted molar refractivity (Wildman–Crippen MR) is 121 cm³/mol. The zero-order valence-electron chi connectivity index (χ0n) is 19.0. The number of rotatable bonds is 10. The Morgan fingerprint density at radius 3 is 2.31 bits per heavy atom. The minimum atomic E-state index is -0.630. The number of fused-ring (bicyclic) bond motifs is 1. The Balaban J connectivity index is 1.65. The van der Waals surface area contributed by atoms with Gasteiger partial charge in [0.05, 0.1) is 11.8 Å². The average molecular weight is 440 g/mol. The van der Waals surface area contributed by atoms with Crippen molar-refractivity contribution in [3.8, 4) is 0 Å². The van der Waals surface area contributed by atoms with Crippen LogP contribution in [0.4, 0.5) is 0 Å². The highest BCUT2D eigenvalue weighted by Gasteiger charge is 2.47. The topological polar surface area (TPSA) is 86.8 Å². The summed E-state index contributed by atoms with van der Waals surface area (Å²) in [7, 11) is 0. The van der Waals surface area contributed by atoms with Gasteiger partial charge in [0.25, 0.3) is 0 Å². The summed E-state index contributed by atoms with van der Waals surface area (Å²) in [5.41, 5.74) is 1.08. The molecule has 1 saturated heterocycles. The maximum atomic E-state index is 13.2. The molecule has 172 valence electrons. The summed E-state index contributed by atoms with van der Waals surface area (Å²) in [5, 5.41) is 2.85. The molecule has 3 rings (SSSR count). The van der Waals surface area contributed by atoms with Crippen molar-refractivity contribution in [2.75, 3.05) is 19.6 Å². The van der Waals surface area contributed by atoms with Crippen LogP contribution in [-0.2, 0) is 25.6 Å². The van der Waals surface area contributed by atoms with Crippen LogP contribution in [0.25, 0.3) is 0 Å². The number of amides is 4. The maximum Gasteiger partial charge on any atom is 0.242 e. The lowest BCUT2D eigenvalue weighted by Crippen LogP contribution is -2.49. The fourth-order valence-corrected chi connectivity index (χ4v) is 4.41. The first-order valence-corrected chi connectivity index (χ1v) is 11.5. The second-order valence-electron chi connectivity index (χ2n) is 8.52. The van der Waals surface area contributed by atoms with Crippen molar-refractivity contribution in [2.24, 2.45) is 11.8 Å². The van der Waals surface area contributed by atoms with Crippen molar-refractivity contribution in [3.05, 3.63) is 48.0 Å². The Hall–Kier alpha value is -2.96. The number of likely N-dealkylation sites (tertiary alicyclic amines) is 1. The third-order valence-corrected chi connectivity index (χ3v) is 6.35. The van der Waals surface area contributed by atoms with Crippen LogP contribution in [0.2, 0.25) is 0 Å². The molecule has 0 bridgehead atoms. The van der Waals surface area contributed by atoms with Crippen LogP contribution >= 0.6 is 0 Å². The molecule has 32 heavy (non-hydrogen) atoms. The van der Waals surface area contributed by atoms with Crippen molar-refractivity contribution < 1.29 is 19.2 Å². The zero-order valence-corrected chi connectivity index (χ0v) is 19.0. The monoisotopic (exact) mass is 439 g/mol. The van der Waals surface area contributed by atoms with Gasteiger partial charge < -0.3 is 10.2 Å². The van der Waals surface area contributed by atoms with Crippen molar-refractivity contribution in [1.82, 2.24) is 15.1 Å². The van der Waals surface area contributed by atoms with E-state index in [1.807, 2.05) is 49.4 Å². The molecule has 1 unspecified atom stereocenters. The van der Waals surface area contributed by atoms with E-state index < -0.39 is 6.04 Å². The number of benzene rings is 1. The summed E-state index contributed by atoms with van der Waals surface area (Å²) in [6, 6.07) is 9.17. The molecular formula is C25H33N3O4. The van der Waals surface area contributed by atoms with Crippen LogP contribution in [0.15, 0.2) is 42.5 Å². The van der Waals surface area contributed by atoms with Gasteiger partial charge in [0.15, 0.2) is 0 Å². The van der Waals surface area contributed by atoms with Crippen molar-refractivity contribution >= 4 is 23.6 Å². The van der Waals surface area contributed by atoms with E-state index in [1.54, 1.807) is 11.8 Å². The third kappa shape index (κ3) is 5.44. The Morgan fingerprint density at radius 2 is 1.72 bits per heavy atom. The quantitative estimate of drug-likeness (QED) is 0.448. The van der Waals surface area contributed by atoms with Crippen LogP contribution in [0.5, 0.6) is 0 Å². The largest absolute Gasteiger partial charge is 0.354 e. The number of nitrogens with one attached hydrogen (secondary N) is 1. The number of imide groups is 1. The van der Waals surface area contributed by atoms with Gasteiger partial charge in [0.1, 0.15) is 6.04 Å². The van der Waals surface area contributed by atoms with Crippen LogP contribution < -0.4 is 5.32 Å². The first-order valence-electron chi connectivity index (χ1n) is 11.5. The first-order chi connectivity index (χ1) is 15.4. The molecular weight excluding hydrogens is 406 g/mol. The molecule has 1 aliphatic carbocycles.